The zero-order valence-electron chi connectivity index (χ0n) is 8.09. The lowest BCUT2D eigenvalue weighted by Crippen LogP contribution is -2.48. The molecule has 1 N–H and O–H groups in total. The number of carbonyl (C=O) groups is 2. The lowest BCUT2D eigenvalue weighted by molar-refractivity contribution is -0.152. The van der Waals surface area contributed by atoms with Crippen LogP contribution in [0.15, 0.2) is 5.10 Å². The Bertz CT molecular complexity index is 294. The third-order valence-corrected chi connectivity index (χ3v) is 2.89. The molecule has 0 aromatic carbocycles. The van der Waals surface area contributed by atoms with Gasteiger partial charge in [0.25, 0.3) is 6.47 Å². The van der Waals surface area contributed by atoms with Gasteiger partial charge >= 0.3 is 5.97 Å². The quantitative estimate of drug-likeness (QED) is 0.292. The van der Waals surface area contributed by atoms with E-state index in [9.17, 15) is 9.59 Å². The maximum absolute atomic E-state index is 11.3. The van der Waals surface area contributed by atoms with E-state index in [0.29, 0.717) is 19.3 Å². The molecule has 2 bridgehead atoms. The summed E-state index contributed by atoms with van der Waals surface area (Å²) in [6.45, 7) is 3.68. The van der Waals surface area contributed by atoms with Crippen LogP contribution in [0, 0.1) is 5.92 Å². The smallest absolute Gasteiger partial charge is 0.309 e. The van der Waals surface area contributed by atoms with Gasteiger partial charge in [0.15, 0.2) is 6.10 Å². The molecule has 1 aliphatic carbocycles. The summed E-state index contributed by atoms with van der Waals surface area (Å²) in [5.74, 6) is -0.325. The molecular weight excluding hydrogens is 200 g/mol. The molecule has 82 valence electrons. The van der Waals surface area contributed by atoms with Gasteiger partial charge in [0, 0.05) is 13.1 Å². The molecule has 4 unspecified atom stereocenters. The number of fused-ring (bicyclic) bond motifs is 2. The molecular formula is C9H12N2O4. The van der Waals surface area contributed by atoms with E-state index in [0.717, 1.165) is 0 Å². The number of rotatable bonds is 4. The van der Waals surface area contributed by atoms with E-state index in [1.54, 1.807) is 0 Å². The summed E-state index contributed by atoms with van der Waals surface area (Å²) in [5.41, 5.74) is 2.74. The Morgan fingerprint density at radius 1 is 1.60 bits per heavy atom. The van der Waals surface area contributed by atoms with Crippen molar-refractivity contribution >= 4 is 19.2 Å². The van der Waals surface area contributed by atoms with Gasteiger partial charge in [-0.25, -0.2) is 0 Å². The molecule has 0 amide bonds. The van der Waals surface area contributed by atoms with E-state index in [4.69, 9.17) is 9.47 Å². The molecule has 0 aromatic rings. The summed E-state index contributed by atoms with van der Waals surface area (Å²) in [7, 11) is 0. The topological polar surface area (TPSA) is 77.0 Å². The first-order valence-electron chi connectivity index (χ1n) is 4.77. The van der Waals surface area contributed by atoms with Gasteiger partial charge in [-0.2, -0.15) is 5.10 Å². The fourth-order valence-corrected chi connectivity index (χ4v) is 2.25. The molecule has 2 aliphatic rings. The van der Waals surface area contributed by atoms with Crippen molar-refractivity contribution in [2.24, 2.45) is 11.0 Å². The van der Waals surface area contributed by atoms with Gasteiger partial charge in [0.05, 0.1) is 12.0 Å². The lowest BCUT2D eigenvalue weighted by atomic mass is 9.84. The van der Waals surface area contributed by atoms with E-state index >= 15 is 0 Å². The molecule has 2 rings (SSSR count). The SMILES string of the molecule is C=NNC1CC2CC(OC2=O)C1OC=O. The van der Waals surface area contributed by atoms with Crippen LogP contribution in [-0.4, -0.2) is 37.4 Å². The normalized spacial score (nSPS) is 38.0. The molecule has 6 heteroatoms. The Balaban J connectivity index is 2.12. The van der Waals surface area contributed by atoms with E-state index < -0.39 is 6.10 Å². The molecule has 6 nitrogen and oxygen atoms in total. The van der Waals surface area contributed by atoms with Crippen LogP contribution in [0.3, 0.4) is 0 Å². The van der Waals surface area contributed by atoms with Crippen LogP contribution in [-0.2, 0) is 19.1 Å². The van der Waals surface area contributed by atoms with Crippen molar-refractivity contribution in [2.45, 2.75) is 31.1 Å². The second-order valence-corrected chi connectivity index (χ2v) is 3.73. The lowest BCUT2D eigenvalue weighted by Gasteiger charge is -2.31. The first-order valence-corrected chi connectivity index (χ1v) is 4.77. The Hall–Kier alpha value is -1.59. The monoisotopic (exact) mass is 212 g/mol. The van der Waals surface area contributed by atoms with Crippen LogP contribution in [0.5, 0.6) is 0 Å². The Kier molecular flexibility index (Phi) is 2.57. The molecule has 4 atom stereocenters. The molecule has 0 spiro atoms. The fourth-order valence-electron chi connectivity index (χ4n) is 2.25. The van der Waals surface area contributed by atoms with E-state index in [-0.39, 0.29) is 24.0 Å². The second-order valence-electron chi connectivity index (χ2n) is 3.73. The maximum Gasteiger partial charge on any atom is 0.309 e. The van der Waals surface area contributed by atoms with Crippen molar-refractivity contribution in [1.29, 1.82) is 0 Å². The number of carbonyl (C=O) groups excluding carboxylic acids is 2. The average molecular weight is 212 g/mol. The summed E-state index contributed by atoms with van der Waals surface area (Å²) >= 11 is 0. The van der Waals surface area contributed by atoms with E-state index in [1.165, 1.54) is 0 Å². The van der Waals surface area contributed by atoms with E-state index in [2.05, 4.69) is 17.2 Å². The average Bonchev–Trinajstić information content (AvgIpc) is 2.51. The highest BCUT2D eigenvalue weighted by Crippen LogP contribution is 2.35. The number of nitrogens with one attached hydrogen (secondary N) is 1. The molecule has 0 aromatic heterocycles. The number of nitrogens with zero attached hydrogens (tertiary/aromatic N) is 1. The predicted molar refractivity (Wildman–Crippen MR) is 50.0 cm³/mol. The maximum atomic E-state index is 11.3. The van der Waals surface area contributed by atoms with Gasteiger partial charge in [-0.15, -0.1) is 0 Å². The Morgan fingerprint density at radius 2 is 2.40 bits per heavy atom. The minimum Gasteiger partial charge on any atom is -0.458 e. The van der Waals surface area contributed by atoms with Crippen LogP contribution < -0.4 is 5.43 Å². The molecule has 15 heavy (non-hydrogen) atoms. The Morgan fingerprint density at radius 3 is 3.07 bits per heavy atom. The van der Waals surface area contributed by atoms with Crippen molar-refractivity contribution in [3.63, 3.8) is 0 Å². The van der Waals surface area contributed by atoms with Crippen LogP contribution >= 0.6 is 0 Å². The van der Waals surface area contributed by atoms with Crippen LogP contribution in [0.4, 0.5) is 0 Å². The third kappa shape index (κ3) is 1.67. The zero-order chi connectivity index (χ0) is 10.8. The largest absolute Gasteiger partial charge is 0.458 e. The fraction of sp³-hybridized carbons (Fsp3) is 0.667. The van der Waals surface area contributed by atoms with Gasteiger partial charge in [-0.3, -0.25) is 9.59 Å². The van der Waals surface area contributed by atoms with Gasteiger partial charge in [-0.1, -0.05) is 0 Å². The van der Waals surface area contributed by atoms with Gasteiger partial charge in [-0.05, 0) is 6.42 Å². The molecule has 2 fully saturated rings. The number of hydrogen-bond acceptors (Lipinski definition) is 6. The van der Waals surface area contributed by atoms with Crippen molar-refractivity contribution in [3.05, 3.63) is 0 Å². The first-order chi connectivity index (χ1) is 7.26. The number of esters is 1. The highest BCUT2D eigenvalue weighted by atomic mass is 16.6. The summed E-state index contributed by atoms with van der Waals surface area (Å²) in [4.78, 5) is 21.7. The molecule has 1 aliphatic heterocycles. The van der Waals surface area contributed by atoms with Crippen molar-refractivity contribution < 1.29 is 19.1 Å². The summed E-state index contributed by atoms with van der Waals surface area (Å²) < 4.78 is 10.0. The highest BCUT2D eigenvalue weighted by Gasteiger charge is 2.49. The van der Waals surface area contributed by atoms with Gasteiger partial charge in [0.1, 0.15) is 6.10 Å². The minimum absolute atomic E-state index is 0.110. The van der Waals surface area contributed by atoms with Crippen molar-refractivity contribution in [3.8, 4) is 0 Å². The predicted octanol–water partition coefficient (Wildman–Crippen LogP) is -0.563. The molecule has 1 heterocycles. The first kappa shape index (κ1) is 9.95. The minimum atomic E-state index is -0.462. The van der Waals surface area contributed by atoms with Crippen LogP contribution in [0.1, 0.15) is 12.8 Å². The summed E-state index contributed by atoms with van der Waals surface area (Å²) in [5, 5.41) is 3.55. The van der Waals surface area contributed by atoms with E-state index in [1.807, 2.05) is 0 Å². The van der Waals surface area contributed by atoms with Crippen LogP contribution in [0.2, 0.25) is 0 Å². The summed E-state index contributed by atoms with van der Waals surface area (Å²) in [6.07, 6.45) is 0.371. The third-order valence-electron chi connectivity index (χ3n) is 2.89. The van der Waals surface area contributed by atoms with Crippen molar-refractivity contribution in [2.75, 3.05) is 0 Å². The van der Waals surface area contributed by atoms with Crippen molar-refractivity contribution in [1.82, 2.24) is 5.43 Å². The molecule has 0 radical (unpaired) electrons. The number of hydrazone groups is 1. The number of hydrogen-bond donors (Lipinski definition) is 1. The number of ether oxygens (including phenoxy) is 2. The molecule has 1 saturated heterocycles. The van der Waals surface area contributed by atoms with Gasteiger partial charge in [0.2, 0.25) is 0 Å². The van der Waals surface area contributed by atoms with Crippen LogP contribution in [0.25, 0.3) is 0 Å². The highest BCUT2D eigenvalue weighted by molar-refractivity contribution is 5.75. The molecule has 1 saturated carbocycles. The Labute approximate surface area is 86.6 Å². The standard InChI is InChI=1S/C9H12N2O4/c1-10-11-6-2-5-3-7(15-9(5)13)8(6)14-4-12/h4-8,11H,1-3H2. The van der Waals surface area contributed by atoms with Gasteiger partial charge < -0.3 is 14.9 Å². The zero-order valence-corrected chi connectivity index (χ0v) is 8.09. The second kappa shape index (κ2) is 3.88. The summed E-state index contributed by atoms with van der Waals surface area (Å²) in [6, 6.07) is -0.192.